The van der Waals surface area contributed by atoms with Crippen LogP contribution in [0.4, 0.5) is 0 Å². The molecule has 2 radical (unpaired) electrons. The molecule has 0 aromatic heterocycles. The summed E-state index contributed by atoms with van der Waals surface area (Å²) >= 11 is 5.89. The van der Waals surface area contributed by atoms with Crippen molar-refractivity contribution in [3.8, 4) is 6.07 Å². The van der Waals surface area contributed by atoms with E-state index in [1.54, 1.807) is 18.2 Å². The maximum Gasteiger partial charge on any atom is 0.148 e. The molecule has 19 heavy (non-hydrogen) atoms. The minimum Gasteiger partial charge on any atom is -0.398 e. The van der Waals surface area contributed by atoms with Gasteiger partial charge < -0.3 is 16.6 Å². The lowest BCUT2D eigenvalue weighted by molar-refractivity contribution is 0.148. The first-order chi connectivity index (χ1) is 8.89. The highest BCUT2D eigenvalue weighted by molar-refractivity contribution is 6.31. The predicted octanol–water partition coefficient (Wildman–Crippen LogP) is 0.355. The summed E-state index contributed by atoms with van der Waals surface area (Å²) in [6, 6.07) is 6.74. The van der Waals surface area contributed by atoms with Crippen molar-refractivity contribution in [1.82, 2.24) is 0 Å². The molecule has 0 fully saturated rings. The third-order valence-electron chi connectivity index (χ3n) is 2.28. The summed E-state index contributed by atoms with van der Waals surface area (Å²) in [6.45, 7) is -0.208. The number of benzene rings is 1. The van der Waals surface area contributed by atoms with Crippen molar-refractivity contribution in [2.24, 2.45) is 16.5 Å². The molecule has 1 rings (SSSR count). The molecule has 1 unspecified atom stereocenters. The lowest BCUT2D eigenvalue weighted by Crippen LogP contribution is -2.35. The number of nitrogens with two attached hydrogens (primary N) is 2. The van der Waals surface area contributed by atoms with Crippen molar-refractivity contribution < 1.29 is 5.11 Å². The van der Waals surface area contributed by atoms with E-state index in [2.05, 4.69) is 4.99 Å². The molecular formula is C12H12BClN4O. The van der Waals surface area contributed by atoms with Crippen LogP contribution in [0.15, 0.2) is 29.3 Å². The fourth-order valence-corrected chi connectivity index (χ4v) is 1.40. The molecule has 96 valence electrons. The van der Waals surface area contributed by atoms with Gasteiger partial charge in [-0.1, -0.05) is 17.7 Å². The Kier molecular flexibility index (Phi) is 5.13. The molecule has 5 N–H and O–H groups in total. The largest absolute Gasteiger partial charge is 0.398 e. The Bertz CT molecular complexity index is 563. The van der Waals surface area contributed by atoms with E-state index in [0.717, 1.165) is 0 Å². The Labute approximate surface area is 117 Å². The molecule has 0 saturated heterocycles. The Balaban J connectivity index is 2.92. The highest BCUT2D eigenvalue weighted by Gasteiger charge is 2.12. The summed E-state index contributed by atoms with van der Waals surface area (Å²) in [4.78, 5) is 3.64. The van der Waals surface area contributed by atoms with Crippen LogP contribution in [0.3, 0.4) is 0 Å². The van der Waals surface area contributed by atoms with Crippen molar-refractivity contribution in [1.29, 1.82) is 5.26 Å². The van der Waals surface area contributed by atoms with Gasteiger partial charge >= 0.3 is 0 Å². The second kappa shape index (κ2) is 6.39. The van der Waals surface area contributed by atoms with E-state index < -0.39 is 5.62 Å². The van der Waals surface area contributed by atoms with Gasteiger partial charge in [-0.2, -0.15) is 5.26 Å². The summed E-state index contributed by atoms with van der Waals surface area (Å²) in [7, 11) is 5.31. The first kappa shape index (κ1) is 15.3. The molecule has 0 amide bonds. The highest BCUT2D eigenvalue weighted by Crippen LogP contribution is 2.19. The lowest BCUT2D eigenvalue weighted by Gasteiger charge is -2.14. The van der Waals surface area contributed by atoms with Crippen LogP contribution in [-0.2, 0) is 0 Å². The Morgan fingerprint density at radius 3 is 2.84 bits per heavy atom. The third kappa shape index (κ3) is 4.41. The quantitative estimate of drug-likeness (QED) is 0.544. The van der Waals surface area contributed by atoms with Crippen LogP contribution in [0.25, 0.3) is 5.70 Å². The molecule has 1 aromatic rings. The van der Waals surface area contributed by atoms with Gasteiger partial charge in [0, 0.05) is 18.5 Å². The first-order valence-electron chi connectivity index (χ1n) is 5.32. The SMILES string of the molecule is [B]C(O)(CN)/N=C/C=C(\N)c1ccc(C#N)c(Cl)c1. The molecule has 0 aliphatic rings. The lowest BCUT2D eigenvalue weighted by atomic mass is 9.92. The van der Waals surface area contributed by atoms with E-state index >= 15 is 0 Å². The van der Waals surface area contributed by atoms with Gasteiger partial charge in [0.15, 0.2) is 0 Å². The van der Waals surface area contributed by atoms with E-state index in [4.69, 9.17) is 36.2 Å². The fourth-order valence-electron chi connectivity index (χ4n) is 1.18. The fraction of sp³-hybridized carbons (Fsp3) is 0.167. The van der Waals surface area contributed by atoms with Gasteiger partial charge in [-0.15, -0.1) is 0 Å². The van der Waals surface area contributed by atoms with Crippen LogP contribution in [0.5, 0.6) is 0 Å². The molecule has 7 heteroatoms. The van der Waals surface area contributed by atoms with Crippen molar-refractivity contribution in [3.63, 3.8) is 0 Å². The van der Waals surface area contributed by atoms with Crippen LogP contribution < -0.4 is 11.5 Å². The molecule has 1 aromatic carbocycles. The van der Waals surface area contributed by atoms with E-state index in [0.29, 0.717) is 21.8 Å². The van der Waals surface area contributed by atoms with Crippen molar-refractivity contribution in [2.45, 2.75) is 5.62 Å². The summed E-state index contributed by atoms with van der Waals surface area (Å²) in [5.74, 6) is 0. The van der Waals surface area contributed by atoms with Crippen LogP contribution in [0.1, 0.15) is 11.1 Å². The molecule has 0 saturated carbocycles. The number of allylic oxidation sites excluding steroid dienone is 1. The third-order valence-corrected chi connectivity index (χ3v) is 2.59. The number of hydrogen-bond donors (Lipinski definition) is 3. The smallest absolute Gasteiger partial charge is 0.148 e. The topological polar surface area (TPSA) is 108 Å². The predicted molar refractivity (Wildman–Crippen MR) is 76.6 cm³/mol. The Hall–Kier alpha value is -1.81. The summed E-state index contributed by atoms with van der Waals surface area (Å²) in [6.07, 6.45) is 2.71. The number of aliphatic hydroxyl groups is 1. The molecule has 0 aliphatic heterocycles. The normalized spacial score (nSPS) is 15.2. The minimum atomic E-state index is -1.81. The van der Waals surface area contributed by atoms with Gasteiger partial charge in [-0.3, -0.25) is 4.99 Å². The van der Waals surface area contributed by atoms with Gasteiger partial charge in [0.25, 0.3) is 0 Å². The molecule has 0 bridgehead atoms. The van der Waals surface area contributed by atoms with Crippen LogP contribution in [0, 0.1) is 11.3 Å². The van der Waals surface area contributed by atoms with Gasteiger partial charge in [0.05, 0.1) is 10.6 Å². The maximum atomic E-state index is 9.35. The zero-order valence-electron chi connectivity index (χ0n) is 10.0. The number of rotatable bonds is 4. The molecule has 0 spiro atoms. The highest BCUT2D eigenvalue weighted by atomic mass is 35.5. The first-order valence-corrected chi connectivity index (χ1v) is 5.70. The Morgan fingerprint density at radius 2 is 2.32 bits per heavy atom. The number of halogens is 1. The van der Waals surface area contributed by atoms with Gasteiger partial charge in [-0.25, -0.2) is 0 Å². The van der Waals surface area contributed by atoms with E-state index in [9.17, 15) is 5.11 Å². The summed E-state index contributed by atoms with van der Waals surface area (Å²) < 4.78 is 0. The van der Waals surface area contributed by atoms with E-state index in [-0.39, 0.29) is 6.54 Å². The number of aliphatic imine (C=N–C) groups is 1. The summed E-state index contributed by atoms with van der Waals surface area (Å²) in [5, 5.41) is 18.4. The minimum absolute atomic E-state index is 0.208. The molecule has 1 atom stereocenters. The number of nitrogens with zero attached hydrogens (tertiary/aromatic N) is 2. The molecule has 0 aliphatic carbocycles. The van der Waals surface area contributed by atoms with Crippen molar-refractivity contribution in [3.05, 3.63) is 40.4 Å². The van der Waals surface area contributed by atoms with Crippen LogP contribution in [-0.4, -0.2) is 31.3 Å². The second-order valence-corrected chi connectivity index (χ2v) is 4.20. The molecule has 5 nitrogen and oxygen atoms in total. The molecule has 0 heterocycles. The average molecular weight is 275 g/mol. The van der Waals surface area contributed by atoms with Gasteiger partial charge in [0.1, 0.15) is 19.5 Å². The Morgan fingerprint density at radius 1 is 1.63 bits per heavy atom. The van der Waals surface area contributed by atoms with Crippen LogP contribution >= 0.6 is 11.6 Å². The van der Waals surface area contributed by atoms with Gasteiger partial charge in [0.2, 0.25) is 0 Å². The maximum absolute atomic E-state index is 9.35. The van der Waals surface area contributed by atoms with Crippen molar-refractivity contribution >= 4 is 31.4 Å². The average Bonchev–Trinajstić information content (AvgIpc) is 2.38. The monoisotopic (exact) mass is 274 g/mol. The number of hydrogen-bond acceptors (Lipinski definition) is 5. The van der Waals surface area contributed by atoms with Crippen molar-refractivity contribution in [2.75, 3.05) is 6.54 Å². The standard InChI is InChI=1S/C12H12BClN4O/c13-12(19,7-16)18-4-3-11(17)8-1-2-9(6-15)10(14)5-8/h1-5,19H,7,16-17H2/b11-3-,18-4+. The van der Waals surface area contributed by atoms with E-state index in [1.807, 2.05) is 6.07 Å². The van der Waals surface area contributed by atoms with Crippen LogP contribution in [0.2, 0.25) is 5.02 Å². The van der Waals surface area contributed by atoms with E-state index in [1.165, 1.54) is 12.3 Å². The number of nitriles is 1. The molecular weight excluding hydrogens is 262 g/mol. The van der Waals surface area contributed by atoms with Gasteiger partial charge in [-0.05, 0) is 23.8 Å². The summed E-state index contributed by atoms with van der Waals surface area (Å²) in [5.41, 5.74) is 10.6. The second-order valence-electron chi connectivity index (χ2n) is 3.79. The zero-order chi connectivity index (χ0) is 14.5. The zero-order valence-corrected chi connectivity index (χ0v) is 10.8.